The van der Waals surface area contributed by atoms with Gasteiger partial charge in [-0.15, -0.1) is 0 Å². The highest BCUT2D eigenvalue weighted by Crippen LogP contribution is 2.43. The molecule has 6 aromatic rings. The highest BCUT2D eigenvalue weighted by Gasteiger charge is 2.35. The molecular formula is C33H24ClN5O4. The minimum absolute atomic E-state index is 0.0723. The molecule has 0 spiro atoms. The van der Waals surface area contributed by atoms with E-state index in [0.29, 0.717) is 5.15 Å². The van der Waals surface area contributed by atoms with E-state index in [1.165, 1.54) is 24.3 Å². The molecule has 7 rings (SSSR count). The molecule has 9 nitrogen and oxygen atoms in total. The monoisotopic (exact) mass is 589 g/mol. The van der Waals surface area contributed by atoms with E-state index in [1.54, 1.807) is 6.20 Å². The maximum Gasteiger partial charge on any atom is 0.338 e. The van der Waals surface area contributed by atoms with E-state index < -0.39 is 10.9 Å². The molecular weight excluding hydrogens is 566 g/mol. The van der Waals surface area contributed by atoms with E-state index in [1.807, 2.05) is 65.2 Å². The van der Waals surface area contributed by atoms with E-state index in [9.17, 15) is 14.9 Å². The highest BCUT2D eigenvalue weighted by molar-refractivity contribution is 6.33. The maximum atomic E-state index is 12.5. The smallest absolute Gasteiger partial charge is 0.338 e. The summed E-state index contributed by atoms with van der Waals surface area (Å²) in [5.41, 5.74) is 5.41. The van der Waals surface area contributed by atoms with Crippen molar-refractivity contribution >= 4 is 39.7 Å². The molecule has 0 N–H and O–H groups in total. The first-order valence-corrected chi connectivity index (χ1v) is 14.2. The van der Waals surface area contributed by atoms with E-state index in [2.05, 4.69) is 11.1 Å². The molecule has 3 heterocycles. The van der Waals surface area contributed by atoms with Crippen LogP contribution in [0.5, 0.6) is 0 Å². The third kappa shape index (κ3) is 5.08. The van der Waals surface area contributed by atoms with Crippen molar-refractivity contribution in [3.8, 4) is 22.5 Å². The number of non-ortho nitro benzene ring substituents is 1. The number of imidazole rings is 1. The van der Waals surface area contributed by atoms with Gasteiger partial charge in [0.15, 0.2) is 5.15 Å². The van der Waals surface area contributed by atoms with Crippen molar-refractivity contribution < 1.29 is 14.5 Å². The molecule has 0 bridgehead atoms. The summed E-state index contributed by atoms with van der Waals surface area (Å²) in [6.45, 7) is 0.269. The Morgan fingerprint density at radius 3 is 2.51 bits per heavy atom. The quantitative estimate of drug-likeness (QED) is 0.107. The van der Waals surface area contributed by atoms with Gasteiger partial charge in [-0.1, -0.05) is 60.1 Å². The SMILES string of the molecule is O=C(OCC1CC(c2nc(-c3ccc4ccc(-c5ccccc5)nc4c3)c3c(Cl)nccn23)C1)c1ccc([N+](=O)[O-])cc1. The van der Waals surface area contributed by atoms with E-state index in [4.69, 9.17) is 26.3 Å². The number of fused-ring (bicyclic) bond motifs is 2. The molecule has 1 aliphatic rings. The number of hydrogen-bond donors (Lipinski definition) is 0. The second-order valence-electron chi connectivity index (χ2n) is 10.7. The second-order valence-corrected chi connectivity index (χ2v) is 11.0. The maximum absolute atomic E-state index is 12.5. The standard InChI is InChI=1S/C33H24ClN5O4/c34-31-30-29(24-7-6-22-10-13-27(36-28(22)18-24)21-4-2-1-3-5-21)37-32(38(30)15-14-35-31)25-16-20(17-25)19-43-33(40)23-8-11-26(12-9-23)39(41)42/h1-15,18,20,25H,16-17,19H2. The van der Waals surface area contributed by atoms with Gasteiger partial charge in [-0.3, -0.25) is 14.5 Å². The highest BCUT2D eigenvalue weighted by atomic mass is 35.5. The number of aromatic nitrogens is 4. The summed E-state index contributed by atoms with van der Waals surface area (Å²) >= 11 is 6.63. The normalized spacial score (nSPS) is 16.2. The molecule has 0 aliphatic heterocycles. The lowest BCUT2D eigenvalue weighted by Gasteiger charge is -2.34. The summed E-state index contributed by atoms with van der Waals surface area (Å²) in [4.78, 5) is 37.1. The fourth-order valence-corrected chi connectivity index (χ4v) is 5.86. The van der Waals surface area contributed by atoms with Crippen LogP contribution < -0.4 is 0 Å². The Bertz CT molecular complexity index is 2000. The Balaban J connectivity index is 1.11. The molecule has 1 aliphatic carbocycles. The summed E-state index contributed by atoms with van der Waals surface area (Å²) in [5, 5.41) is 12.3. The number of esters is 1. The van der Waals surface area contributed by atoms with Crippen LogP contribution in [0, 0.1) is 16.0 Å². The summed E-state index contributed by atoms with van der Waals surface area (Å²) < 4.78 is 7.51. The van der Waals surface area contributed by atoms with Gasteiger partial charge in [0.2, 0.25) is 0 Å². The minimum Gasteiger partial charge on any atom is -0.462 e. The number of pyridine rings is 1. The van der Waals surface area contributed by atoms with Crippen LogP contribution in [0.15, 0.2) is 97.3 Å². The van der Waals surface area contributed by atoms with Crippen LogP contribution in [-0.2, 0) is 4.74 Å². The largest absolute Gasteiger partial charge is 0.462 e. The Morgan fingerprint density at radius 1 is 0.977 bits per heavy atom. The van der Waals surface area contributed by atoms with Crippen molar-refractivity contribution in [2.24, 2.45) is 5.92 Å². The van der Waals surface area contributed by atoms with Crippen LogP contribution in [-0.4, -0.2) is 36.9 Å². The van der Waals surface area contributed by atoms with Crippen molar-refractivity contribution in [1.29, 1.82) is 0 Å². The Morgan fingerprint density at radius 2 is 1.74 bits per heavy atom. The van der Waals surface area contributed by atoms with Crippen molar-refractivity contribution in [2.75, 3.05) is 6.61 Å². The van der Waals surface area contributed by atoms with Crippen molar-refractivity contribution in [1.82, 2.24) is 19.4 Å². The van der Waals surface area contributed by atoms with Gasteiger partial charge < -0.3 is 4.74 Å². The molecule has 0 unspecified atom stereocenters. The van der Waals surface area contributed by atoms with E-state index >= 15 is 0 Å². The topological polar surface area (TPSA) is 113 Å². The Kier molecular flexibility index (Phi) is 6.79. The molecule has 1 fully saturated rings. The fraction of sp³-hybridized carbons (Fsp3) is 0.152. The number of nitrogens with zero attached hydrogens (tertiary/aromatic N) is 5. The summed E-state index contributed by atoms with van der Waals surface area (Å²) in [5.74, 6) is 0.732. The molecule has 43 heavy (non-hydrogen) atoms. The molecule has 0 amide bonds. The van der Waals surface area contributed by atoms with Crippen molar-refractivity contribution in [2.45, 2.75) is 18.8 Å². The number of halogens is 1. The van der Waals surface area contributed by atoms with Gasteiger partial charge in [0.1, 0.15) is 11.3 Å². The van der Waals surface area contributed by atoms with Crippen molar-refractivity contribution in [3.63, 3.8) is 0 Å². The van der Waals surface area contributed by atoms with Crippen LogP contribution in [0.3, 0.4) is 0 Å². The number of nitro groups is 1. The average Bonchev–Trinajstić information content (AvgIpc) is 3.40. The first-order chi connectivity index (χ1) is 20.9. The lowest BCUT2D eigenvalue weighted by atomic mass is 9.75. The predicted octanol–water partition coefficient (Wildman–Crippen LogP) is 7.52. The van der Waals surface area contributed by atoms with Crippen LogP contribution >= 0.6 is 11.6 Å². The summed E-state index contributed by atoms with van der Waals surface area (Å²) in [7, 11) is 0. The van der Waals surface area contributed by atoms with Crippen molar-refractivity contribution in [3.05, 3.63) is 124 Å². The van der Waals surface area contributed by atoms with Gasteiger partial charge in [-0.05, 0) is 43.0 Å². The molecule has 0 saturated heterocycles. The van der Waals surface area contributed by atoms with Gasteiger partial charge in [0.05, 0.1) is 34.0 Å². The van der Waals surface area contributed by atoms with Crippen LogP contribution in [0.4, 0.5) is 5.69 Å². The molecule has 0 radical (unpaired) electrons. The summed E-state index contributed by atoms with van der Waals surface area (Å²) in [6.07, 6.45) is 5.14. The first-order valence-electron chi connectivity index (χ1n) is 13.9. The van der Waals surface area contributed by atoms with Gasteiger partial charge in [-0.25, -0.2) is 19.7 Å². The second kappa shape index (κ2) is 10.9. The minimum atomic E-state index is -0.504. The number of carbonyl (C=O) groups is 1. The zero-order chi connectivity index (χ0) is 29.5. The number of rotatable bonds is 7. The zero-order valence-corrected chi connectivity index (χ0v) is 23.5. The zero-order valence-electron chi connectivity index (χ0n) is 22.8. The number of benzene rings is 3. The third-order valence-electron chi connectivity index (χ3n) is 7.94. The fourth-order valence-electron chi connectivity index (χ4n) is 5.63. The van der Waals surface area contributed by atoms with Gasteiger partial charge in [0.25, 0.3) is 5.69 Å². The lowest BCUT2D eigenvalue weighted by molar-refractivity contribution is -0.384. The summed E-state index contributed by atoms with van der Waals surface area (Å²) in [6, 6.07) is 25.7. The molecule has 3 aromatic carbocycles. The molecule has 3 aromatic heterocycles. The average molecular weight is 590 g/mol. The lowest BCUT2D eigenvalue weighted by Crippen LogP contribution is -2.28. The predicted molar refractivity (Wildman–Crippen MR) is 163 cm³/mol. The number of ether oxygens (including phenoxy) is 1. The van der Waals surface area contributed by atoms with Crippen LogP contribution in [0.2, 0.25) is 5.15 Å². The van der Waals surface area contributed by atoms with Gasteiger partial charge in [-0.2, -0.15) is 0 Å². The molecule has 10 heteroatoms. The number of hydrogen-bond acceptors (Lipinski definition) is 7. The molecule has 0 atom stereocenters. The van der Waals surface area contributed by atoms with Crippen LogP contribution in [0.25, 0.3) is 38.9 Å². The number of carbonyl (C=O) groups excluding carboxylic acids is 1. The number of nitro benzene ring substituents is 1. The Labute approximate surface area is 250 Å². The van der Waals surface area contributed by atoms with Crippen LogP contribution in [0.1, 0.15) is 34.9 Å². The molecule has 212 valence electrons. The Hall–Kier alpha value is -5.15. The van der Waals surface area contributed by atoms with E-state index in [-0.39, 0.29) is 29.7 Å². The van der Waals surface area contributed by atoms with Gasteiger partial charge >= 0.3 is 5.97 Å². The third-order valence-corrected chi connectivity index (χ3v) is 8.21. The van der Waals surface area contributed by atoms with E-state index in [0.717, 1.165) is 57.6 Å². The first kappa shape index (κ1) is 26.7. The van der Waals surface area contributed by atoms with Gasteiger partial charge in [0, 0.05) is 47.0 Å². The molecule has 1 saturated carbocycles.